The van der Waals surface area contributed by atoms with Crippen LogP contribution in [0.15, 0.2) is 66.7 Å². The van der Waals surface area contributed by atoms with Crippen LogP contribution in [0.3, 0.4) is 0 Å². The summed E-state index contributed by atoms with van der Waals surface area (Å²) in [6, 6.07) is 18.3. The summed E-state index contributed by atoms with van der Waals surface area (Å²) in [5.41, 5.74) is 7.90. The Bertz CT molecular complexity index is 1060. The normalized spacial score (nSPS) is 10.3. The third kappa shape index (κ3) is 5.73. The first-order valence-corrected chi connectivity index (χ1v) is 9.44. The SMILES string of the molecule is NCc1ccc(O)c(NC(=O)c2cc(Cl)cc(NC(=O)OCc3ccccc3)c2)c1. The van der Waals surface area contributed by atoms with Gasteiger partial charge in [0, 0.05) is 22.8 Å². The minimum absolute atomic E-state index is 0.0922. The highest BCUT2D eigenvalue weighted by atomic mass is 35.5. The van der Waals surface area contributed by atoms with E-state index < -0.39 is 12.0 Å². The molecule has 3 rings (SSSR count). The number of amides is 2. The first kappa shape index (κ1) is 21.2. The van der Waals surface area contributed by atoms with Crippen molar-refractivity contribution in [3.8, 4) is 5.75 Å². The monoisotopic (exact) mass is 425 g/mol. The maximum absolute atomic E-state index is 12.6. The topological polar surface area (TPSA) is 114 Å². The standard InChI is InChI=1S/C22H20ClN3O4/c23-17-9-16(21(28)26-19-8-15(12-24)6-7-20(19)27)10-18(11-17)25-22(29)30-13-14-4-2-1-3-5-14/h1-11,27H,12-13,24H2,(H,25,29)(H,26,28). The molecular formula is C22H20ClN3O4. The molecule has 0 fully saturated rings. The molecule has 3 aromatic rings. The van der Waals surface area contributed by atoms with E-state index in [-0.39, 0.29) is 35.2 Å². The van der Waals surface area contributed by atoms with Crippen LogP contribution in [0, 0.1) is 0 Å². The molecule has 5 N–H and O–H groups in total. The van der Waals surface area contributed by atoms with Gasteiger partial charge in [0.15, 0.2) is 0 Å². The number of ether oxygens (including phenoxy) is 1. The summed E-state index contributed by atoms with van der Waals surface area (Å²) in [6.07, 6.45) is -0.680. The number of nitrogens with two attached hydrogens (primary N) is 1. The van der Waals surface area contributed by atoms with Crippen molar-refractivity contribution in [3.05, 3.63) is 88.4 Å². The Morgan fingerprint density at radius 2 is 1.73 bits per heavy atom. The molecule has 7 nitrogen and oxygen atoms in total. The molecule has 2 amide bonds. The van der Waals surface area contributed by atoms with Crippen LogP contribution in [0.25, 0.3) is 0 Å². The van der Waals surface area contributed by atoms with E-state index in [1.807, 2.05) is 30.3 Å². The summed E-state index contributed by atoms with van der Waals surface area (Å²) in [7, 11) is 0. The van der Waals surface area contributed by atoms with E-state index >= 15 is 0 Å². The first-order valence-electron chi connectivity index (χ1n) is 9.06. The van der Waals surface area contributed by atoms with Crippen molar-refractivity contribution in [2.75, 3.05) is 10.6 Å². The van der Waals surface area contributed by atoms with E-state index in [0.29, 0.717) is 5.69 Å². The second-order valence-corrected chi connectivity index (χ2v) is 6.86. The van der Waals surface area contributed by atoms with Gasteiger partial charge in [-0.1, -0.05) is 48.0 Å². The Kier molecular flexibility index (Phi) is 6.90. The summed E-state index contributed by atoms with van der Waals surface area (Å²) in [4.78, 5) is 24.7. The molecule has 0 saturated heterocycles. The molecule has 3 aromatic carbocycles. The molecule has 0 radical (unpaired) electrons. The van der Waals surface area contributed by atoms with Gasteiger partial charge in [0.05, 0.1) is 5.69 Å². The number of anilines is 2. The quantitative estimate of drug-likeness (QED) is 0.434. The molecule has 0 heterocycles. The fraction of sp³-hybridized carbons (Fsp3) is 0.0909. The molecule has 0 aliphatic heterocycles. The van der Waals surface area contributed by atoms with Gasteiger partial charge < -0.3 is 20.9 Å². The number of phenolic OH excluding ortho intramolecular Hbond substituents is 1. The van der Waals surface area contributed by atoms with Gasteiger partial charge in [-0.15, -0.1) is 0 Å². The number of phenols is 1. The minimum Gasteiger partial charge on any atom is -0.506 e. The zero-order chi connectivity index (χ0) is 21.5. The van der Waals surface area contributed by atoms with E-state index in [2.05, 4.69) is 10.6 Å². The Labute approximate surface area is 178 Å². The Balaban J connectivity index is 1.68. The number of carbonyl (C=O) groups is 2. The number of halogens is 1. The lowest BCUT2D eigenvalue weighted by molar-refractivity contribution is 0.102. The third-order valence-electron chi connectivity index (χ3n) is 4.16. The van der Waals surface area contributed by atoms with Crippen molar-refractivity contribution < 1.29 is 19.4 Å². The summed E-state index contributed by atoms with van der Waals surface area (Å²) >= 11 is 6.09. The molecule has 0 saturated carbocycles. The number of hydrogen-bond donors (Lipinski definition) is 4. The van der Waals surface area contributed by atoms with Crippen LogP contribution in [-0.2, 0) is 17.9 Å². The molecule has 0 aliphatic carbocycles. The third-order valence-corrected chi connectivity index (χ3v) is 4.38. The summed E-state index contributed by atoms with van der Waals surface area (Å²) in [6.45, 7) is 0.372. The van der Waals surface area contributed by atoms with Crippen molar-refractivity contribution in [2.45, 2.75) is 13.2 Å². The average Bonchev–Trinajstić information content (AvgIpc) is 2.74. The van der Waals surface area contributed by atoms with Gasteiger partial charge in [-0.05, 0) is 41.5 Å². The molecule has 8 heteroatoms. The summed E-state index contributed by atoms with van der Waals surface area (Å²) in [5.74, 6) is -0.604. The largest absolute Gasteiger partial charge is 0.506 e. The molecule has 0 aromatic heterocycles. The van der Waals surface area contributed by atoms with Gasteiger partial charge in [0.25, 0.3) is 5.91 Å². The van der Waals surface area contributed by atoms with Crippen molar-refractivity contribution in [1.82, 2.24) is 0 Å². The number of carbonyl (C=O) groups excluding carboxylic acids is 2. The molecule has 0 bridgehead atoms. The van der Waals surface area contributed by atoms with Crippen LogP contribution < -0.4 is 16.4 Å². The van der Waals surface area contributed by atoms with Crippen molar-refractivity contribution in [1.29, 1.82) is 0 Å². The second-order valence-electron chi connectivity index (χ2n) is 6.43. The smallest absolute Gasteiger partial charge is 0.411 e. The highest BCUT2D eigenvalue weighted by molar-refractivity contribution is 6.31. The van der Waals surface area contributed by atoms with Crippen LogP contribution in [0.1, 0.15) is 21.5 Å². The van der Waals surface area contributed by atoms with Crippen LogP contribution in [0.4, 0.5) is 16.2 Å². The molecule has 30 heavy (non-hydrogen) atoms. The fourth-order valence-corrected chi connectivity index (χ4v) is 2.91. The molecule has 0 atom stereocenters. The zero-order valence-corrected chi connectivity index (χ0v) is 16.6. The predicted octanol–water partition coefficient (Wildman–Crippen LogP) is 4.51. The minimum atomic E-state index is -0.680. The maximum atomic E-state index is 12.6. The van der Waals surface area contributed by atoms with Gasteiger partial charge in [0.2, 0.25) is 0 Å². The lowest BCUT2D eigenvalue weighted by Crippen LogP contribution is -2.16. The number of aromatic hydroxyl groups is 1. The molecule has 0 unspecified atom stereocenters. The van der Waals surface area contributed by atoms with Crippen LogP contribution in [0.2, 0.25) is 5.02 Å². The van der Waals surface area contributed by atoms with E-state index in [9.17, 15) is 14.7 Å². The first-order chi connectivity index (χ1) is 14.4. The number of rotatable bonds is 6. The van der Waals surface area contributed by atoms with E-state index in [1.54, 1.807) is 12.1 Å². The van der Waals surface area contributed by atoms with Gasteiger partial charge >= 0.3 is 6.09 Å². The number of nitrogens with one attached hydrogen (secondary N) is 2. The second kappa shape index (κ2) is 9.78. The van der Waals surface area contributed by atoms with Crippen molar-refractivity contribution in [2.24, 2.45) is 5.73 Å². The lowest BCUT2D eigenvalue weighted by atomic mass is 10.1. The lowest BCUT2D eigenvalue weighted by Gasteiger charge is -2.11. The molecular weight excluding hydrogens is 406 g/mol. The molecule has 154 valence electrons. The van der Waals surface area contributed by atoms with Crippen LogP contribution in [-0.4, -0.2) is 17.1 Å². The van der Waals surface area contributed by atoms with Crippen molar-refractivity contribution >= 4 is 35.0 Å². The molecule has 0 aliphatic rings. The predicted molar refractivity (Wildman–Crippen MR) is 116 cm³/mol. The highest BCUT2D eigenvalue weighted by Gasteiger charge is 2.13. The van der Waals surface area contributed by atoms with E-state index in [4.69, 9.17) is 22.1 Å². The van der Waals surface area contributed by atoms with Crippen LogP contribution in [0.5, 0.6) is 5.75 Å². The van der Waals surface area contributed by atoms with Gasteiger partial charge in [0.1, 0.15) is 12.4 Å². The maximum Gasteiger partial charge on any atom is 0.411 e. The zero-order valence-electron chi connectivity index (χ0n) is 15.9. The van der Waals surface area contributed by atoms with Gasteiger partial charge in [-0.2, -0.15) is 0 Å². The summed E-state index contributed by atoms with van der Waals surface area (Å²) < 4.78 is 5.17. The van der Waals surface area contributed by atoms with E-state index in [0.717, 1.165) is 11.1 Å². The Hall–Kier alpha value is -3.55. The highest BCUT2D eigenvalue weighted by Crippen LogP contribution is 2.26. The van der Waals surface area contributed by atoms with Crippen LogP contribution >= 0.6 is 11.6 Å². The van der Waals surface area contributed by atoms with Crippen molar-refractivity contribution in [3.63, 3.8) is 0 Å². The number of hydrogen-bond acceptors (Lipinski definition) is 5. The summed E-state index contributed by atoms with van der Waals surface area (Å²) in [5, 5.41) is 15.4. The average molecular weight is 426 g/mol. The van der Waals surface area contributed by atoms with Gasteiger partial charge in [-0.25, -0.2) is 4.79 Å². The van der Waals surface area contributed by atoms with Gasteiger partial charge in [-0.3, -0.25) is 10.1 Å². The fourth-order valence-electron chi connectivity index (χ4n) is 2.67. The molecule has 0 spiro atoms. The van der Waals surface area contributed by atoms with E-state index in [1.165, 1.54) is 24.3 Å². The Morgan fingerprint density at radius 3 is 2.47 bits per heavy atom. The Morgan fingerprint density at radius 1 is 0.967 bits per heavy atom. The number of benzene rings is 3.